The van der Waals surface area contributed by atoms with Gasteiger partial charge in [0.25, 0.3) is 0 Å². The molecule has 0 saturated carbocycles. The average Bonchev–Trinajstić information content (AvgIpc) is 3.45. The van der Waals surface area contributed by atoms with E-state index in [1.165, 1.54) is 22.8 Å². The molecular weight excluding hydrogens is 470 g/mol. The summed E-state index contributed by atoms with van der Waals surface area (Å²) in [5, 5.41) is 0.380. The molecule has 0 radical (unpaired) electrons. The molecule has 0 aliphatic rings. The van der Waals surface area contributed by atoms with Crippen LogP contribution in [0.3, 0.4) is 0 Å². The molecule has 0 fully saturated rings. The molecule has 0 spiro atoms. The molecule has 3 heterocycles. The van der Waals surface area contributed by atoms with Crippen molar-refractivity contribution in [2.45, 2.75) is 13.5 Å². The Morgan fingerprint density at radius 3 is 2.43 bits per heavy atom. The number of hydrogen-bond acceptors (Lipinski definition) is 6. The van der Waals surface area contributed by atoms with Crippen LogP contribution in [0.1, 0.15) is 37.7 Å². The number of ether oxygens (including phenoxy) is 1. The number of aromatic nitrogens is 4. The van der Waals surface area contributed by atoms with Gasteiger partial charge >= 0.3 is 12.0 Å². The number of carbonyl (C=O) groups excluding carboxylic acids is 3. The molecular formula is C28H25N5O4. The molecule has 186 valence electrons. The Bertz CT molecular complexity index is 1680. The first kappa shape index (κ1) is 23.9. The molecule has 9 heteroatoms. The van der Waals surface area contributed by atoms with E-state index in [1.807, 2.05) is 35.8 Å². The summed E-state index contributed by atoms with van der Waals surface area (Å²) in [6.45, 7) is 2.49. The van der Waals surface area contributed by atoms with Crippen molar-refractivity contribution in [1.29, 1.82) is 0 Å². The largest absolute Gasteiger partial charge is 0.465 e. The van der Waals surface area contributed by atoms with Crippen LogP contribution < -0.4 is 0 Å². The van der Waals surface area contributed by atoms with Gasteiger partial charge in [-0.15, -0.1) is 0 Å². The lowest BCUT2D eigenvalue weighted by molar-refractivity contribution is 0.0603. The third-order valence-electron chi connectivity index (χ3n) is 6.32. The molecule has 0 saturated heterocycles. The Hall–Kier alpha value is -4.79. The van der Waals surface area contributed by atoms with Gasteiger partial charge in [-0.1, -0.05) is 30.3 Å². The minimum Gasteiger partial charge on any atom is -0.465 e. The quantitative estimate of drug-likeness (QED) is 0.266. The fourth-order valence-corrected chi connectivity index (χ4v) is 4.47. The van der Waals surface area contributed by atoms with Crippen molar-refractivity contribution in [3.05, 3.63) is 95.1 Å². The minimum atomic E-state index is -0.582. The van der Waals surface area contributed by atoms with E-state index < -0.39 is 5.97 Å². The van der Waals surface area contributed by atoms with Crippen LogP contribution in [-0.4, -0.2) is 63.0 Å². The number of esters is 1. The van der Waals surface area contributed by atoms with E-state index in [0.717, 1.165) is 22.6 Å². The lowest BCUT2D eigenvalue weighted by atomic mass is 9.98. The van der Waals surface area contributed by atoms with E-state index in [2.05, 4.69) is 9.97 Å². The molecule has 0 aliphatic carbocycles. The van der Waals surface area contributed by atoms with Gasteiger partial charge in [0.2, 0.25) is 0 Å². The standard InChI is InChI=1S/C28H25N5O4/c1-17-30-22-8-6-14-29-26(22)32(17)15-18-10-12-19(13-11-18)25(34)21-16-33(28(36)31(2)3)23-9-5-7-20(24(21)23)27(35)37-4/h5-14,16H,15H2,1-4H3. The first-order valence-corrected chi connectivity index (χ1v) is 11.7. The van der Waals surface area contributed by atoms with Gasteiger partial charge in [0.15, 0.2) is 11.4 Å². The number of carbonyl (C=O) groups is 3. The summed E-state index contributed by atoms with van der Waals surface area (Å²) in [5.74, 6) is -0.0340. The van der Waals surface area contributed by atoms with E-state index in [9.17, 15) is 14.4 Å². The van der Waals surface area contributed by atoms with Crippen molar-refractivity contribution >= 4 is 39.9 Å². The molecule has 0 aliphatic heterocycles. The van der Waals surface area contributed by atoms with Gasteiger partial charge in [-0.05, 0) is 36.8 Å². The second-order valence-corrected chi connectivity index (χ2v) is 8.90. The summed E-state index contributed by atoms with van der Waals surface area (Å²) in [5.41, 5.74) is 3.97. The molecule has 5 aromatic rings. The zero-order valence-corrected chi connectivity index (χ0v) is 20.9. The van der Waals surface area contributed by atoms with Gasteiger partial charge in [0.05, 0.1) is 24.7 Å². The first-order chi connectivity index (χ1) is 17.8. The van der Waals surface area contributed by atoms with Gasteiger partial charge in [0, 0.05) is 43.0 Å². The fraction of sp³-hybridized carbons (Fsp3) is 0.179. The van der Waals surface area contributed by atoms with E-state index in [-0.39, 0.29) is 22.9 Å². The van der Waals surface area contributed by atoms with Crippen LogP contribution >= 0.6 is 0 Å². The molecule has 9 nitrogen and oxygen atoms in total. The number of amides is 1. The van der Waals surface area contributed by atoms with Gasteiger partial charge in [0.1, 0.15) is 11.3 Å². The summed E-state index contributed by atoms with van der Waals surface area (Å²) >= 11 is 0. The van der Waals surface area contributed by atoms with Crippen molar-refractivity contribution in [3.8, 4) is 0 Å². The number of nitrogens with zero attached hydrogens (tertiary/aromatic N) is 5. The van der Waals surface area contributed by atoms with E-state index in [0.29, 0.717) is 23.0 Å². The monoisotopic (exact) mass is 495 g/mol. The third kappa shape index (κ3) is 4.14. The molecule has 37 heavy (non-hydrogen) atoms. The number of imidazole rings is 1. The van der Waals surface area contributed by atoms with Crippen LogP contribution in [0.25, 0.3) is 22.1 Å². The minimum absolute atomic E-state index is 0.222. The van der Waals surface area contributed by atoms with Gasteiger partial charge in [-0.2, -0.15) is 0 Å². The van der Waals surface area contributed by atoms with E-state index in [4.69, 9.17) is 4.74 Å². The molecule has 0 bridgehead atoms. The second-order valence-electron chi connectivity index (χ2n) is 8.90. The van der Waals surface area contributed by atoms with Crippen molar-refractivity contribution in [2.75, 3.05) is 21.2 Å². The van der Waals surface area contributed by atoms with Crippen LogP contribution in [0.4, 0.5) is 4.79 Å². The lowest BCUT2D eigenvalue weighted by Crippen LogP contribution is -2.26. The number of benzene rings is 2. The highest BCUT2D eigenvalue weighted by molar-refractivity contribution is 6.21. The highest BCUT2D eigenvalue weighted by atomic mass is 16.5. The van der Waals surface area contributed by atoms with Gasteiger partial charge in [-0.25, -0.2) is 19.6 Å². The number of methoxy groups -OCH3 is 1. The predicted molar refractivity (Wildman–Crippen MR) is 139 cm³/mol. The maximum absolute atomic E-state index is 13.7. The molecule has 0 unspecified atom stereocenters. The topological polar surface area (TPSA) is 99.3 Å². The summed E-state index contributed by atoms with van der Waals surface area (Å²) in [6, 6.07) is 15.7. The number of fused-ring (bicyclic) bond motifs is 2. The Morgan fingerprint density at radius 1 is 0.973 bits per heavy atom. The Balaban J connectivity index is 1.54. The smallest absolute Gasteiger partial charge is 0.338 e. The lowest BCUT2D eigenvalue weighted by Gasteiger charge is -2.11. The SMILES string of the molecule is COC(=O)c1cccc2c1c(C(=O)c1ccc(Cn3c(C)nc4cccnc43)cc1)cn2C(=O)N(C)C. The van der Waals surface area contributed by atoms with Crippen molar-refractivity contribution in [2.24, 2.45) is 0 Å². The highest BCUT2D eigenvalue weighted by Crippen LogP contribution is 2.29. The molecule has 2 aromatic carbocycles. The Morgan fingerprint density at radius 2 is 1.73 bits per heavy atom. The van der Waals surface area contributed by atoms with Crippen LogP contribution in [-0.2, 0) is 11.3 Å². The zero-order chi connectivity index (χ0) is 26.3. The zero-order valence-electron chi connectivity index (χ0n) is 20.9. The van der Waals surface area contributed by atoms with Crippen LogP contribution in [0.15, 0.2) is 67.0 Å². The van der Waals surface area contributed by atoms with Crippen LogP contribution in [0, 0.1) is 6.92 Å². The summed E-state index contributed by atoms with van der Waals surface area (Å²) in [4.78, 5) is 49.4. The number of pyridine rings is 1. The maximum atomic E-state index is 13.7. The maximum Gasteiger partial charge on any atom is 0.338 e. The number of hydrogen-bond donors (Lipinski definition) is 0. The van der Waals surface area contributed by atoms with Crippen molar-refractivity contribution in [3.63, 3.8) is 0 Å². The normalized spacial score (nSPS) is 11.1. The Kier molecular flexibility index (Phi) is 6.04. The number of ketones is 1. The molecule has 0 atom stereocenters. The summed E-state index contributed by atoms with van der Waals surface area (Å²) in [6.07, 6.45) is 3.23. The average molecular weight is 496 g/mol. The van der Waals surface area contributed by atoms with Gasteiger partial charge < -0.3 is 14.2 Å². The Labute approximate surface area is 212 Å². The third-order valence-corrected chi connectivity index (χ3v) is 6.32. The van der Waals surface area contributed by atoms with Crippen LogP contribution in [0.2, 0.25) is 0 Å². The van der Waals surface area contributed by atoms with Crippen molar-refractivity contribution < 1.29 is 19.1 Å². The molecule has 1 amide bonds. The number of rotatable bonds is 5. The summed E-state index contributed by atoms with van der Waals surface area (Å²) < 4.78 is 8.34. The van der Waals surface area contributed by atoms with E-state index in [1.54, 1.807) is 50.6 Å². The number of aryl methyl sites for hydroxylation is 1. The highest BCUT2D eigenvalue weighted by Gasteiger charge is 2.25. The summed E-state index contributed by atoms with van der Waals surface area (Å²) in [7, 11) is 4.53. The van der Waals surface area contributed by atoms with Gasteiger partial charge in [-0.3, -0.25) is 9.36 Å². The van der Waals surface area contributed by atoms with Crippen LogP contribution in [0.5, 0.6) is 0 Å². The predicted octanol–water partition coefficient (Wildman–Crippen LogP) is 4.29. The van der Waals surface area contributed by atoms with Crippen molar-refractivity contribution in [1.82, 2.24) is 24.0 Å². The van der Waals surface area contributed by atoms with E-state index >= 15 is 0 Å². The first-order valence-electron chi connectivity index (χ1n) is 11.7. The second kappa shape index (κ2) is 9.34. The molecule has 3 aromatic heterocycles. The molecule has 5 rings (SSSR count). The molecule has 0 N–H and O–H groups in total. The fourth-order valence-electron chi connectivity index (χ4n) is 4.47.